The fraction of sp³-hybridized carbons (Fsp3) is 0.389. The van der Waals surface area contributed by atoms with E-state index in [1.165, 1.54) is 24.1 Å². The molecule has 0 fully saturated rings. The van der Waals surface area contributed by atoms with Crippen molar-refractivity contribution in [2.24, 2.45) is 0 Å². The Morgan fingerprint density at radius 1 is 1.14 bits per heavy atom. The number of phenolic OH excluding ortho intramolecular Hbond substituents is 1. The van der Waals surface area contributed by atoms with Crippen molar-refractivity contribution in [2.75, 3.05) is 6.61 Å². The van der Waals surface area contributed by atoms with E-state index in [2.05, 4.69) is 0 Å². The highest BCUT2D eigenvalue weighted by atomic mass is 16.5. The third-order valence-corrected chi connectivity index (χ3v) is 4.05. The van der Waals surface area contributed by atoms with E-state index in [1.54, 1.807) is 12.1 Å². The minimum atomic E-state index is 0.278. The van der Waals surface area contributed by atoms with Gasteiger partial charge in [-0.2, -0.15) is 0 Å². The Hall–Kier alpha value is -2.03. The minimum Gasteiger partial charge on any atom is -0.508 e. The normalized spacial score (nSPS) is 13.8. The first-order valence-corrected chi connectivity index (χ1v) is 7.65. The molecule has 1 aliphatic carbocycles. The zero-order valence-electron chi connectivity index (χ0n) is 12.6. The van der Waals surface area contributed by atoms with Crippen molar-refractivity contribution in [3.63, 3.8) is 0 Å². The predicted molar refractivity (Wildman–Crippen MR) is 83.9 cm³/mol. The lowest BCUT2D eigenvalue weighted by atomic mass is 9.91. The van der Waals surface area contributed by atoms with Crippen molar-refractivity contribution >= 4 is 0 Å². The molecule has 0 saturated carbocycles. The molecule has 0 aliphatic heterocycles. The highest BCUT2D eigenvalue weighted by molar-refractivity contribution is 5.75. The molecule has 21 heavy (non-hydrogen) atoms. The van der Waals surface area contributed by atoms with E-state index in [0.717, 1.165) is 35.4 Å². The van der Waals surface area contributed by atoms with Gasteiger partial charge in [-0.1, -0.05) is 12.1 Å². The second-order valence-electron chi connectivity index (χ2n) is 5.51. The van der Waals surface area contributed by atoms with Gasteiger partial charge in [0.15, 0.2) is 0 Å². The van der Waals surface area contributed by atoms with Crippen LogP contribution in [-0.4, -0.2) is 16.7 Å². The Morgan fingerprint density at radius 2 is 1.86 bits per heavy atom. The summed E-state index contributed by atoms with van der Waals surface area (Å²) in [6.45, 7) is 4.71. The molecule has 3 heteroatoms. The van der Waals surface area contributed by atoms with E-state index in [-0.39, 0.29) is 5.75 Å². The van der Waals surface area contributed by atoms with Gasteiger partial charge in [0, 0.05) is 22.5 Å². The fourth-order valence-electron chi connectivity index (χ4n) is 3.10. The molecule has 2 aromatic rings. The maximum absolute atomic E-state index is 9.49. The van der Waals surface area contributed by atoms with Crippen molar-refractivity contribution in [1.82, 2.24) is 4.98 Å². The number of ether oxygens (including phenoxy) is 1. The average molecular weight is 283 g/mol. The van der Waals surface area contributed by atoms with Crippen LogP contribution in [0.4, 0.5) is 0 Å². The summed E-state index contributed by atoms with van der Waals surface area (Å²) < 4.78 is 6.00. The van der Waals surface area contributed by atoms with Crippen molar-refractivity contribution in [3.8, 4) is 22.6 Å². The number of aryl methyl sites for hydroxylation is 2. The molecule has 0 atom stereocenters. The summed E-state index contributed by atoms with van der Waals surface area (Å²) in [5.41, 5.74) is 5.60. The Bertz CT molecular complexity index is 647. The van der Waals surface area contributed by atoms with Gasteiger partial charge in [0.05, 0.1) is 6.61 Å². The van der Waals surface area contributed by atoms with E-state index in [4.69, 9.17) is 9.72 Å². The monoisotopic (exact) mass is 283 g/mol. The van der Waals surface area contributed by atoms with Crippen LogP contribution in [0.2, 0.25) is 0 Å². The number of fused-ring (bicyclic) bond motifs is 1. The molecule has 0 spiro atoms. The summed E-state index contributed by atoms with van der Waals surface area (Å²) in [6, 6.07) is 7.28. The summed E-state index contributed by atoms with van der Waals surface area (Å²) in [5, 5.41) is 9.49. The van der Waals surface area contributed by atoms with E-state index in [0.29, 0.717) is 6.61 Å². The van der Waals surface area contributed by atoms with Gasteiger partial charge < -0.3 is 9.84 Å². The second kappa shape index (κ2) is 5.76. The molecule has 0 saturated heterocycles. The highest BCUT2D eigenvalue weighted by Crippen LogP contribution is 2.39. The lowest BCUT2D eigenvalue weighted by Gasteiger charge is -2.23. The molecule has 1 aliphatic rings. The van der Waals surface area contributed by atoms with Gasteiger partial charge in [0.1, 0.15) is 11.5 Å². The first-order valence-electron chi connectivity index (χ1n) is 7.65. The van der Waals surface area contributed by atoms with E-state index < -0.39 is 0 Å². The number of rotatable bonds is 3. The molecule has 0 amide bonds. The number of hydrogen-bond donors (Lipinski definition) is 1. The van der Waals surface area contributed by atoms with Crippen molar-refractivity contribution < 1.29 is 9.84 Å². The number of aromatic nitrogens is 1. The summed E-state index contributed by atoms with van der Waals surface area (Å²) >= 11 is 0. The number of pyridine rings is 1. The summed E-state index contributed by atoms with van der Waals surface area (Å²) in [6.07, 6.45) is 4.51. The van der Waals surface area contributed by atoms with Crippen LogP contribution in [0, 0.1) is 6.92 Å². The zero-order valence-corrected chi connectivity index (χ0v) is 12.6. The molecule has 110 valence electrons. The quantitative estimate of drug-likeness (QED) is 0.924. The van der Waals surface area contributed by atoms with Crippen LogP contribution in [0.25, 0.3) is 11.1 Å². The number of aromatic hydroxyl groups is 1. The van der Waals surface area contributed by atoms with Crippen LogP contribution in [-0.2, 0) is 12.8 Å². The van der Waals surface area contributed by atoms with Gasteiger partial charge in [-0.3, -0.25) is 4.98 Å². The summed E-state index contributed by atoms with van der Waals surface area (Å²) in [7, 11) is 0. The number of nitrogens with zero attached hydrogens (tertiary/aromatic N) is 1. The second-order valence-corrected chi connectivity index (χ2v) is 5.51. The van der Waals surface area contributed by atoms with Gasteiger partial charge in [0.25, 0.3) is 0 Å². The van der Waals surface area contributed by atoms with Crippen LogP contribution < -0.4 is 4.74 Å². The number of phenols is 1. The molecule has 3 nitrogen and oxygen atoms in total. The Labute approximate surface area is 125 Å². The third kappa shape index (κ3) is 2.60. The number of benzene rings is 1. The van der Waals surface area contributed by atoms with Crippen molar-refractivity contribution in [1.29, 1.82) is 0 Å². The summed E-state index contributed by atoms with van der Waals surface area (Å²) in [5.74, 6) is 1.27. The zero-order chi connectivity index (χ0) is 14.8. The van der Waals surface area contributed by atoms with Gasteiger partial charge in [-0.25, -0.2) is 0 Å². The SMILES string of the molecule is CCOc1c2c(nc(C)c1-c1ccc(O)cc1)CCCC2. The molecule has 1 heterocycles. The predicted octanol–water partition coefficient (Wildman–Crippen LogP) is 4.04. The molecular formula is C18H21NO2. The maximum atomic E-state index is 9.49. The van der Waals surface area contributed by atoms with E-state index in [9.17, 15) is 5.11 Å². The lowest BCUT2D eigenvalue weighted by molar-refractivity contribution is 0.335. The van der Waals surface area contributed by atoms with E-state index >= 15 is 0 Å². The Morgan fingerprint density at radius 3 is 2.57 bits per heavy atom. The molecule has 0 unspecified atom stereocenters. The minimum absolute atomic E-state index is 0.278. The molecule has 3 rings (SSSR count). The van der Waals surface area contributed by atoms with Gasteiger partial charge in [0.2, 0.25) is 0 Å². The van der Waals surface area contributed by atoms with Crippen molar-refractivity contribution in [2.45, 2.75) is 39.5 Å². The fourth-order valence-corrected chi connectivity index (χ4v) is 3.10. The highest BCUT2D eigenvalue weighted by Gasteiger charge is 2.22. The van der Waals surface area contributed by atoms with Gasteiger partial charge in [-0.05, 0) is 57.2 Å². The first-order chi connectivity index (χ1) is 10.2. The van der Waals surface area contributed by atoms with Crippen LogP contribution in [0.5, 0.6) is 11.5 Å². The summed E-state index contributed by atoms with van der Waals surface area (Å²) in [4.78, 5) is 4.81. The van der Waals surface area contributed by atoms with Crippen LogP contribution in [0.1, 0.15) is 36.7 Å². The molecular weight excluding hydrogens is 262 g/mol. The molecule has 1 aromatic heterocycles. The lowest BCUT2D eigenvalue weighted by Crippen LogP contribution is -2.11. The smallest absolute Gasteiger partial charge is 0.133 e. The molecule has 0 radical (unpaired) electrons. The van der Waals surface area contributed by atoms with E-state index in [1.807, 2.05) is 26.0 Å². The number of hydrogen-bond acceptors (Lipinski definition) is 3. The van der Waals surface area contributed by atoms with Gasteiger partial charge >= 0.3 is 0 Å². The first kappa shape index (κ1) is 13.9. The van der Waals surface area contributed by atoms with Crippen LogP contribution in [0.3, 0.4) is 0 Å². The molecule has 0 bridgehead atoms. The standard InChI is InChI=1S/C18H21NO2/c1-3-21-18-15-6-4-5-7-16(15)19-12(2)17(18)13-8-10-14(20)11-9-13/h8-11,20H,3-7H2,1-2H3. The Kier molecular flexibility index (Phi) is 3.82. The topological polar surface area (TPSA) is 42.4 Å². The van der Waals surface area contributed by atoms with Gasteiger partial charge in [-0.15, -0.1) is 0 Å². The van der Waals surface area contributed by atoms with Crippen LogP contribution >= 0.6 is 0 Å². The van der Waals surface area contributed by atoms with Crippen molar-refractivity contribution in [3.05, 3.63) is 41.2 Å². The maximum Gasteiger partial charge on any atom is 0.133 e. The average Bonchev–Trinajstić information content (AvgIpc) is 2.49. The largest absolute Gasteiger partial charge is 0.508 e. The third-order valence-electron chi connectivity index (χ3n) is 4.05. The Balaban J connectivity index is 2.20. The molecule has 1 N–H and O–H groups in total. The van der Waals surface area contributed by atoms with Crippen LogP contribution in [0.15, 0.2) is 24.3 Å². The molecule has 1 aromatic carbocycles.